The largest absolute Gasteiger partial charge is 0.481 e. The summed E-state index contributed by atoms with van der Waals surface area (Å²) in [4.78, 5) is 33.5. The summed E-state index contributed by atoms with van der Waals surface area (Å²) >= 11 is 0. The minimum atomic E-state index is -1.01. The van der Waals surface area contributed by atoms with Crippen molar-refractivity contribution in [2.24, 2.45) is 0 Å². The van der Waals surface area contributed by atoms with E-state index >= 15 is 0 Å². The van der Waals surface area contributed by atoms with Crippen LogP contribution in [0.2, 0.25) is 0 Å². The van der Waals surface area contributed by atoms with Crippen LogP contribution in [-0.2, 0) is 14.4 Å². The molecule has 0 aromatic carbocycles. The zero-order chi connectivity index (χ0) is 11.1. The molecular weight excluding hydrogens is 186 g/mol. The lowest BCUT2D eigenvalue weighted by atomic mass is 10.2. The maximum atomic E-state index is 11.3. The first-order valence-corrected chi connectivity index (χ1v) is 4.51. The number of aliphatic carboxylic acids is 1. The highest BCUT2D eigenvalue weighted by atomic mass is 16.4. The molecule has 0 radical (unpaired) electrons. The van der Waals surface area contributed by atoms with Gasteiger partial charge in [-0.25, -0.2) is 0 Å². The van der Waals surface area contributed by atoms with Gasteiger partial charge in [0, 0.05) is 19.9 Å². The summed E-state index contributed by atoms with van der Waals surface area (Å²) in [5, 5.41) is 8.41. The van der Waals surface area contributed by atoms with Crippen molar-refractivity contribution in [1.29, 1.82) is 0 Å². The molecule has 0 bridgehead atoms. The summed E-state index contributed by atoms with van der Waals surface area (Å²) < 4.78 is 0. The van der Waals surface area contributed by atoms with E-state index < -0.39 is 11.9 Å². The molecule has 0 heterocycles. The second kappa shape index (κ2) is 6.12. The maximum Gasteiger partial charge on any atom is 0.305 e. The predicted octanol–water partition coefficient (Wildman–Crippen LogP) is 0.636. The lowest BCUT2D eigenvalue weighted by Crippen LogP contribution is -2.36. The molecule has 0 aliphatic carbocycles. The molecule has 0 atom stereocenters. The van der Waals surface area contributed by atoms with Gasteiger partial charge in [0.15, 0.2) is 0 Å². The molecule has 0 spiro atoms. The second-order valence-corrected chi connectivity index (χ2v) is 2.96. The molecule has 0 aromatic rings. The van der Waals surface area contributed by atoms with Crippen LogP contribution in [0, 0.1) is 0 Å². The van der Waals surface area contributed by atoms with E-state index in [2.05, 4.69) is 0 Å². The van der Waals surface area contributed by atoms with Crippen LogP contribution in [0.25, 0.3) is 0 Å². The molecule has 0 unspecified atom stereocenters. The van der Waals surface area contributed by atoms with Crippen molar-refractivity contribution in [3.8, 4) is 0 Å². The topological polar surface area (TPSA) is 74.7 Å². The standard InChI is InChI=1S/C9H15NO4/c1-3-4-8(12)10(7(2)11)6-5-9(13)14/h3-6H2,1-2H3,(H,13,14). The van der Waals surface area contributed by atoms with Crippen LogP contribution in [0.1, 0.15) is 33.1 Å². The third-order valence-electron chi connectivity index (χ3n) is 1.69. The van der Waals surface area contributed by atoms with Gasteiger partial charge in [0.2, 0.25) is 11.8 Å². The highest BCUT2D eigenvalue weighted by molar-refractivity contribution is 5.94. The average Bonchev–Trinajstić information content (AvgIpc) is 2.03. The smallest absolute Gasteiger partial charge is 0.305 e. The monoisotopic (exact) mass is 201 g/mol. The van der Waals surface area contributed by atoms with Gasteiger partial charge in [0.1, 0.15) is 0 Å². The quantitative estimate of drug-likeness (QED) is 0.708. The predicted molar refractivity (Wildman–Crippen MR) is 49.6 cm³/mol. The minimum Gasteiger partial charge on any atom is -0.481 e. The number of nitrogens with zero attached hydrogens (tertiary/aromatic N) is 1. The number of hydrogen-bond donors (Lipinski definition) is 1. The van der Waals surface area contributed by atoms with Gasteiger partial charge in [-0.2, -0.15) is 0 Å². The van der Waals surface area contributed by atoms with Crippen molar-refractivity contribution in [2.75, 3.05) is 6.54 Å². The van der Waals surface area contributed by atoms with E-state index in [-0.39, 0.29) is 25.3 Å². The fourth-order valence-corrected chi connectivity index (χ4v) is 1.01. The van der Waals surface area contributed by atoms with Crippen molar-refractivity contribution in [1.82, 2.24) is 4.90 Å². The molecule has 0 rings (SSSR count). The molecule has 5 heteroatoms. The van der Waals surface area contributed by atoms with E-state index in [1.165, 1.54) is 6.92 Å². The van der Waals surface area contributed by atoms with Gasteiger partial charge in [0.25, 0.3) is 0 Å². The van der Waals surface area contributed by atoms with Gasteiger partial charge in [-0.05, 0) is 6.42 Å². The summed E-state index contributed by atoms with van der Waals surface area (Å²) in [6.07, 6.45) is 0.726. The Hall–Kier alpha value is -1.39. The number of rotatable bonds is 5. The minimum absolute atomic E-state index is 0.0382. The van der Waals surface area contributed by atoms with E-state index in [0.29, 0.717) is 6.42 Å². The third-order valence-corrected chi connectivity index (χ3v) is 1.69. The van der Waals surface area contributed by atoms with Gasteiger partial charge in [-0.3, -0.25) is 19.3 Å². The molecule has 0 aromatic heterocycles. The van der Waals surface area contributed by atoms with Crippen molar-refractivity contribution in [3.05, 3.63) is 0 Å². The van der Waals surface area contributed by atoms with Crippen LogP contribution < -0.4 is 0 Å². The van der Waals surface area contributed by atoms with Crippen molar-refractivity contribution < 1.29 is 19.5 Å². The van der Waals surface area contributed by atoms with Crippen molar-refractivity contribution in [3.63, 3.8) is 0 Å². The SMILES string of the molecule is CCCC(=O)N(CCC(=O)O)C(C)=O. The Kier molecular flexibility index (Phi) is 5.52. The zero-order valence-electron chi connectivity index (χ0n) is 8.45. The normalized spacial score (nSPS) is 9.57. The fourth-order valence-electron chi connectivity index (χ4n) is 1.01. The number of carboxylic acids is 1. The Morgan fingerprint density at radius 3 is 2.14 bits per heavy atom. The van der Waals surface area contributed by atoms with Gasteiger partial charge in [-0.15, -0.1) is 0 Å². The van der Waals surface area contributed by atoms with Crippen LogP contribution in [0.4, 0.5) is 0 Å². The van der Waals surface area contributed by atoms with E-state index in [1.807, 2.05) is 6.92 Å². The first-order chi connectivity index (χ1) is 6.49. The average molecular weight is 201 g/mol. The molecule has 1 N–H and O–H groups in total. The number of hydrogen-bond acceptors (Lipinski definition) is 3. The van der Waals surface area contributed by atoms with E-state index in [9.17, 15) is 14.4 Å². The molecule has 5 nitrogen and oxygen atoms in total. The molecule has 0 aliphatic heterocycles. The zero-order valence-corrected chi connectivity index (χ0v) is 8.45. The molecule has 0 saturated carbocycles. The number of carboxylic acid groups (broad SMARTS) is 1. The van der Waals surface area contributed by atoms with E-state index in [0.717, 1.165) is 4.90 Å². The molecule has 14 heavy (non-hydrogen) atoms. The Balaban J connectivity index is 4.22. The van der Waals surface area contributed by atoms with Crippen LogP contribution in [0.5, 0.6) is 0 Å². The van der Waals surface area contributed by atoms with Crippen LogP contribution >= 0.6 is 0 Å². The highest BCUT2D eigenvalue weighted by Gasteiger charge is 2.17. The number of amides is 2. The second-order valence-electron chi connectivity index (χ2n) is 2.96. The Labute approximate surface area is 82.7 Å². The summed E-state index contributed by atoms with van der Waals surface area (Å²) in [5.41, 5.74) is 0. The Morgan fingerprint density at radius 1 is 1.21 bits per heavy atom. The Morgan fingerprint density at radius 2 is 1.79 bits per heavy atom. The summed E-state index contributed by atoms with van der Waals surface area (Å²) in [5.74, 6) is -1.72. The van der Waals surface area contributed by atoms with Crippen molar-refractivity contribution >= 4 is 17.8 Å². The molecule has 0 fully saturated rings. The highest BCUT2D eigenvalue weighted by Crippen LogP contribution is 2.00. The van der Waals surface area contributed by atoms with Gasteiger partial charge in [0.05, 0.1) is 6.42 Å². The lowest BCUT2D eigenvalue weighted by molar-refractivity contribution is -0.144. The summed E-state index contributed by atoms with van der Waals surface area (Å²) in [6.45, 7) is 3.05. The fraction of sp³-hybridized carbons (Fsp3) is 0.667. The maximum absolute atomic E-state index is 11.3. The molecule has 0 aliphatic rings. The molecular formula is C9H15NO4. The van der Waals surface area contributed by atoms with Gasteiger partial charge < -0.3 is 5.11 Å². The first-order valence-electron chi connectivity index (χ1n) is 4.51. The summed E-state index contributed by atoms with van der Waals surface area (Å²) in [7, 11) is 0. The molecule has 2 amide bonds. The molecule has 80 valence electrons. The van der Waals surface area contributed by atoms with Crippen LogP contribution in [0.3, 0.4) is 0 Å². The van der Waals surface area contributed by atoms with Crippen LogP contribution in [0.15, 0.2) is 0 Å². The summed E-state index contributed by atoms with van der Waals surface area (Å²) in [6, 6.07) is 0. The molecule has 0 saturated heterocycles. The number of carbonyl (C=O) groups excluding carboxylic acids is 2. The van der Waals surface area contributed by atoms with Gasteiger partial charge >= 0.3 is 5.97 Å². The van der Waals surface area contributed by atoms with Crippen molar-refractivity contribution in [2.45, 2.75) is 33.1 Å². The van der Waals surface area contributed by atoms with Crippen LogP contribution in [-0.4, -0.2) is 34.3 Å². The Bertz CT molecular complexity index is 237. The van der Waals surface area contributed by atoms with Gasteiger partial charge in [-0.1, -0.05) is 6.92 Å². The van der Waals surface area contributed by atoms with E-state index in [1.54, 1.807) is 0 Å². The number of carbonyl (C=O) groups is 3. The third kappa shape index (κ3) is 4.59. The number of imide groups is 1. The lowest BCUT2D eigenvalue weighted by Gasteiger charge is -2.17. The van der Waals surface area contributed by atoms with E-state index in [4.69, 9.17) is 5.11 Å². The first kappa shape index (κ1) is 12.6.